The van der Waals surface area contributed by atoms with Gasteiger partial charge in [0.05, 0.1) is 26.4 Å². The summed E-state index contributed by atoms with van der Waals surface area (Å²) in [6.45, 7) is 4.59. The molecule has 0 aromatic heterocycles. The van der Waals surface area contributed by atoms with Crippen LogP contribution in [0.4, 0.5) is 5.69 Å². The lowest BCUT2D eigenvalue weighted by Crippen LogP contribution is -2.22. The van der Waals surface area contributed by atoms with Gasteiger partial charge in [-0.25, -0.2) is 4.99 Å². The van der Waals surface area contributed by atoms with Crippen LogP contribution in [0.2, 0.25) is 0 Å². The summed E-state index contributed by atoms with van der Waals surface area (Å²) in [6.07, 6.45) is 1.86. The maximum atomic E-state index is 6.01. The van der Waals surface area contributed by atoms with Crippen molar-refractivity contribution in [1.29, 1.82) is 0 Å². The number of guanidine groups is 1. The van der Waals surface area contributed by atoms with Crippen molar-refractivity contribution in [3.05, 3.63) is 48.0 Å². The maximum Gasteiger partial charge on any atom is 0.193 e. The molecule has 2 aromatic carbocycles. The van der Waals surface area contributed by atoms with E-state index in [1.807, 2.05) is 42.5 Å². The van der Waals surface area contributed by atoms with E-state index >= 15 is 0 Å². The molecule has 0 amide bonds. The van der Waals surface area contributed by atoms with Crippen molar-refractivity contribution in [1.82, 2.24) is 0 Å². The second kappa shape index (κ2) is 10.9. The van der Waals surface area contributed by atoms with Crippen LogP contribution in [0.25, 0.3) is 0 Å². The molecule has 1 heterocycles. The van der Waals surface area contributed by atoms with Gasteiger partial charge in [-0.2, -0.15) is 0 Å². The van der Waals surface area contributed by atoms with Crippen LogP contribution in [-0.2, 0) is 6.54 Å². The third kappa shape index (κ3) is 6.50. The Morgan fingerprint density at radius 3 is 2.78 bits per heavy atom. The predicted octanol–water partition coefficient (Wildman–Crippen LogP) is 4.18. The molecule has 1 aliphatic heterocycles. The Bertz CT molecular complexity index is 768. The number of hydrogen-bond acceptors (Lipinski definition) is 4. The lowest BCUT2D eigenvalue weighted by atomic mass is 10.2. The summed E-state index contributed by atoms with van der Waals surface area (Å²) < 4.78 is 17.0. The molecule has 0 spiro atoms. The van der Waals surface area contributed by atoms with E-state index in [9.17, 15) is 0 Å². The number of benzene rings is 2. The van der Waals surface area contributed by atoms with Crippen molar-refractivity contribution in [2.24, 2.45) is 10.7 Å². The van der Waals surface area contributed by atoms with Crippen molar-refractivity contribution in [2.45, 2.75) is 26.3 Å². The van der Waals surface area contributed by atoms with Crippen LogP contribution in [-0.4, -0.2) is 25.8 Å². The van der Waals surface area contributed by atoms with Gasteiger partial charge in [-0.15, -0.1) is 24.0 Å². The average Bonchev–Trinajstić information content (AvgIpc) is 2.90. The predicted molar refractivity (Wildman–Crippen MR) is 119 cm³/mol. The molecule has 146 valence electrons. The molecule has 27 heavy (non-hydrogen) atoms. The molecule has 0 fully saturated rings. The molecule has 0 aliphatic carbocycles. The molecule has 0 atom stereocenters. The fraction of sp³-hybridized carbons (Fsp3) is 0.350. The standard InChI is InChI=1S/C20H25N3O3.HI/c1-2-9-24-17-6-3-5-15(12-17)14-22-20(21)23-16-7-8-18-19(13-16)26-11-4-10-25-18;/h3,5-8,12-13H,2,4,9-11,14H2,1H3,(H3,21,22,23);1H. The zero-order valence-electron chi connectivity index (χ0n) is 15.4. The number of rotatable bonds is 6. The van der Waals surface area contributed by atoms with Gasteiger partial charge in [-0.1, -0.05) is 19.1 Å². The highest BCUT2D eigenvalue weighted by Gasteiger charge is 2.10. The third-order valence-corrected chi connectivity index (χ3v) is 3.82. The number of fused-ring (bicyclic) bond motifs is 1. The number of aliphatic imine (C=N–C) groups is 1. The van der Waals surface area contributed by atoms with E-state index < -0.39 is 0 Å². The van der Waals surface area contributed by atoms with Gasteiger partial charge in [-0.05, 0) is 36.2 Å². The minimum Gasteiger partial charge on any atom is -0.494 e. The molecule has 3 N–H and O–H groups in total. The molecule has 3 rings (SSSR count). The van der Waals surface area contributed by atoms with E-state index in [2.05, 4.69) is 17.2 Å². The smallest absolute Gasteiger partial charge is 0.193 e. The molecule has 2 aromatic rings. The van der Waals surface area contributed by atoms with Gasteiger partial charge >= 0.3 is 0 Å². The number of nitrogens with zero attached hydrogens (tertiary/aromatic N) is 1. The third-order valence-electron chi connectivity index (χ3n) is 3.82. The Balaban J connectivity index is 0.00000261. The molecule has 0 bridgehead atoms. The summed E-state index contributed by atoms with van der Waals surface area (Å²) in [6, 6.07) is 13.6. The fourth-order valence-corrected chi connectivity index (χ4v) is 2.56. The Labute approximate surface area is 177 Å². The second-order valence-electron chi connectivity index (χ2n) is 6.03. The summed E-state index contributed by atoms with van der Waals surface area (Å²) >= 11 is 0. The number of hydrogen-bond donors (Lipinski definition) is 2. The Morgan fingerprint density at radius 1 is 1.15 bits per heavy atom. The molecular weight excluding hydrogens is 457 g/mol. The minimum absolute atomic E-state index is 0. The highest BCUT2D eigenvalue weighted by atomic mass is 127. The van der Waals surface area contributed by atoms with Gasteiger partial charge in [0.1, 0.15) is 5.75 Å². The van der Waals surface area contributed by atoms with E-state index in [4.69, 9.17) is 19.9 Å². The summed E-state index contributed by atoms with van der Waals surface area (Å²) in [5.41, 5.74) is 7.87. The van der Waals surface area contributed by atoms with Gasteiger partial charge in [0.15, 0.2) is 17.5 Å². The number of anilines is 1. The van der Waals surface area contributed by atoms with Gasteiger partial charge < -0.3 is 25.3 Å². The molecular formula is C20H26IN3O3. The number of nitrogens with one attached hydrogen (secondary N) is 1. The fourth-order valence-electron chi connectivity index (χ4n) is 2.56. The van der Waals surface area contributed by atoms with Crippen LogP contribution in [0.3, 0.4) is 0 Å². The van der Waals surface area contributed by atoms with E-state index in [1.54, 1.807) is 0 Å². The lowest BCUT2D eigenvalue weighted by molar-refractivity contribution is 0.297. The number of halogens is 1. The van der Waals surface area contributed by atoms with E-state index in [-0.39, 0.29) is 24.0 Å². The first-order chi connectivity index (χ1) is 12.7. The van der Waals surface area contributed by atoms with Crippen LogP contribution in [0.5, 0.6) is 17.2 Å². The van der Waals surface area contributed by atoms with Crippen LogP contribution >= 0.6 is 24.0 Å². The normalized spacial score (nSPS) is 13.3. The first kappa shape index (κ1) is 21.1. The van der Waals surface area contributed by atoms with Gasteiger partial charge in [0.25, 0.3) is 0 Å². The summed E-state index contributed by atoms with van der Waals surface area (Å²) in [4.78, 5) is 4.40. The average molecular weight is 483 g/mol. The van der Waals surface area contributed by atoms with Crippen molar-refractivity contribution in [3.63, 3.8) is 0 Å². The Hall–Kier alpha value is -2.16. The topological polar surface area (TPSA) is 78.1 Å². The maximum absolute atomic E-state index is 6.01. The van der Waals surface area contributed by atoms with Crippen molar-refractivity contribution in [2.75, 3.05) is 25.1 Å². The number of nitrogens with two attached hydrogens (primary N) is 1. The zero-order chi connectivity index (χ0) is 18.2. The summed E-state index contributed by atoms with van der Waals surface area (Å²) in [5.74, 6) is 2.68. The highest BCUT2D eigenvalue weighted by Crippen LogP contribution is 2.32. The van der Waals surface area contributed by atoms with E-state index in [1.165, 1.54) is 0 Å². The first-order valence-corrected chi connectivity index (χ1v) is 8.93. The largest absolute Gasteiger partial charge is 0.494 e. The summed E-state index contributed by atoms with van der Waals surface area (Å²) in [5, 5.41) is 3.09. The molecule has 1 aliphatic rings. The molecule has 0 radical (unpaired) electrons. The van der Waals surface area contributed by atoms with E-state index in [0.29, 0.717) is 32.3 Å². The monoisotopic (exact) mass is 483 g/mol. The zero-order valence-corrected chi connectivity index (χ0v) is 17.8. The quantitative estimate of drug-likeness (QED) is 0.366. The summed E-state index contributed by atoms with van der Waals surface area (Å²) in [7, 11) is 0. The van der Waals surface area contributed by atoms with Crippen LogP contribution in [0.15, 0.2) is 47.5 Å². The molecule has 0 unspecified atom stereocenters. The SMILES string of the molecule is CCCOc1cccc(CN=C(N)Nc2ccc3c(c2)OCCCO3)c1.I. The van der Waals surface area contributed by atoms with Gasteiger partial charge in [0.2, 0.25) is 0 Å². The lowest BCUT2D eigenvalue weighted by Gasteiger charge is -2.11. The molecule has 0 saturated heterocycles. The molecule has 0 saturated carbocycles. The van der Waals surface area contributed by atoms with Gasteiger partial charge in [-0.3, -0.25) is 0 Å². The Morgan fingerprint density at radius 2 is 1.96 bits per heavy atom. The van der Waals surface area contributed by atoms with Crippen LogP contribution in [0, 0.1) is 0 Å². The Kier molecular flexibility index (Phi) is 8.50. The highest BCUT2D eigenvalue weighted by molar-refractivity contribution is 14.0. The number of ether oxygens (including phenoxy) is 3. The van der Waals surface area contributed by atoms with E-state index in [0.717, 1.165) is 41.3 Å². The van der Waals surface area contributed by atoms with Crippen molar-refractivity contribution >= 4 is 35.6 Å². The first-order valence-electron chi connectivity index (χ1n) is 8.93. The molecule has 7 heteroatoms. The van der Waals surface area contributed by atoms with Gasteiger partial charge in [0, 0.05) is 18.2 Å². The van der Waals surface area contributed by atoms with Crippen LogP contribution < -0.4 is 25.3 Å². The van der Waals surface area contributed by atoms with Crippen molar-refractivity contribution < 1.29 is 14.2 Å². The van der Waals surface area contributed by atoms with Crippen LogP contribution in [0.1, 0.15) is 25.3 Å². The molecule has 6 nitrogen and oxygen atoms in total. The second-order valence-corrected chi connectivity index (χ2v) is 6.03. The van der Waals surface area contributed by atoms with Crippen molar-refractivity contribution in [3.8, 4) is 17.2 Å². The minimum atomic E-state index is 0.